The molecular formula is C23H21ClFN5O. The van der Waals surface area contributed by atoms with E-state index in [2.05, 4.69) is 32.7 Å². The molecule has 2 aliphatic rings. The van der Waals surface area contributed by atoms with Gasteiger partial charge in [-0.1, -0.05) is 11.6 Å². The number of rotatable bonds is 4. The molecule has 8 heteroatoms. The first-order chi connectivity index (χ1) is 15.2. The van der Waals surface area contributed by atoms with E-state index in [9.17, 15) is 4.39 Å². The lowest BCUT2D eigenvalue weighted by atomic mass is 10.1. The molecule has 3 heterocycles. The van der Waals surface area contributed by atoms with Gasteiger partial charge in [0.2, 0.25) is 0 Å². The molecule has 1 saturated heterocycles. The molecule has 158 valence electrons. The lowest BCUT2D eigenvalue weighted by Crippen LogP contribution is -2.36. The smallest absolute Gasteiger partial charge is 0.138 e. The van der Waals surface area contributed by atoms with Crippen molar-refractivity contribution >= 4 is 40.8 Å². The van der Waals surface area contributed by atoms with Crippen molar-refractivity contribution in [3.8, 4) is 11.3 Å². The minimum Gasteiger partial charge on any atom is -0.378 e. The largest absolute Gasteiger partial charge is 0.378 e. The number of hydrogen-bond acceptors (Lipinski definition) is 6. The molecule has 31 heavy (non-hydrogen) atoms. The third-order valence-electron chi connectivity index (χ3n) is 5.40. The minimum absolute atomic E-state index is 0.317. The first kappa shape index (κ1) is 19.8. The van der Waals surface area contributed by atoms with Gasteiger partial charge in [-0.2, -0.15) is 0 Å². The molecule has 2 N–H and O–H groups in total. The first-order valence-electron chi connectivity index (χ1n) is 10.1. The van der Waals surface area contributed by atoms with Gasteiger partial charge in [-0.15, -0.1) is 0 Å². The van der Waals surface area contributed by atoms with Crippen LogP contribution in [0.25, 0.3) is 11.3 Å². The van der Waals surface area contributed by atoms with Crippen LogP contribution >= 0.6 is 11.6 Å². The molecule has 0 aliphatic carbocycles. The lowest BCUT2D eigenvalue weighted by Gasteiger charge is -2.29. The molecule has 0 saturated carbocycles. The van der Waals surface area contributed by atoms with Crippen LogP contribution in [0.3, 0.4) is 0 Å². The summed E-state index contributed by atoms with van der Waals surface area (Å²) in [5.41, 5.74) is 5.26. The quantitative estimate of drug-likeness (QED) is 0.596. The Morgan fingerprint density at radius 3 is 2.65 bits per heavy atom. The van der Waals surface area contributed by atoms with Gasteiger partial charge in [0.1, 0.15) is 11.6 Å². The molecule has 0 bridgehead atoms. The number of pyridine rings is 1. The van der Waals surface area contributed by atoms with E-state index in [1.165, 1.54) is 17.8 Å². The molecule has 5 rings (SSSR count). The number of benzene rings is 2. The summed E-state index contributed by atoms with van der Waals surface area (Å²) in [7, 11) is 0. The van der Waals surface area contributed by atoms with E-state index >= 15 is 0 Å². The number of fused-ring (bicyclic) bond motifs is 1. The molecule has 0 unspecified atom stereocenters. The molecule has 0 radical (unpaired) electrons. The number of nitrogens with one attached hydrogen (secondary N) is 2. The summed E-state index contributed by atoms with van der Waals surface area (Å²) < 4.78 is 18.9. The monoisotopic (exact) mass is 437 g/mol. The summed E-state index contributed by atoms with van der Waals surface area (Å²) >= 11 is 6.29. The van der Waals surface area contributed by atoms with Crippen LogP contribution in [0.4, 0.5) is 27.3 Å². The van der Waals surface area contributed by atoms with Crippen LogP contribution in [0.1, 0.15) is 5.56 Å². The van der Waals surface area contributed by atoms with E-state index in [1.807, 2.05) is 18.2 Å². The average molecular weight is 438 g/mol. The highest BCUT2D eigenvalue weighted by molar-refractivity contribution is 6.33. The Kier molecular flexibility index (Phi) is 5.44. The topological polar surface area (TPSA) is 61.8 Å². The number of ether oxygens (including phenoxy) is 1. The van der Waals surface area contributed by atoms with Gasteiger partial charge in [0, 0.05) is 35.6 Å². The summed E-state index contributed by atoms with van der Waals surface area (Å²) in [6, 6.07) is 14.5. The van der Waals surface area contributed by atoms with Crippen molar-refractivity contribution in [2.75, 3.05) is 41.8 Å². The second-order valence-corrected chi connectivity index (χ2v) is 7.80. The lowest BCUT2D eigenvalue weighted by molar-refractivity contribution is 0.122. The van der Waals surface area contributed by atoms with Gasteiger partial charge < -0.3 is 20.3 Å². The van der Waals surface area contributed by atoms with Crippen LogP contribution in [-0.2, 0) is 11.3 Å². The number of aromatic nitrogens is 1. The molecule has 0 atom stereocenters. The van der Waals surface area contributed by atoms with Crippen molar-refractivity contribution < 1.29 is 9.13 Å². The zero-order chi connectivity index (χ0) is 21.2. The minimum atomic E-state index is -0.379. The second kappa shape index (κ2) is 8.53. The molecule has 0 spiro atoms. The molecule has 2 aromatic carbocycles. The van der Waals surface area contributed by atoms with Gasteiger partial charge in [0.15, 0.2) is 0 Å². The maximum Gasteiger partial charge on any atom is 0.138 e. The number of hydrogen-bond donors (Lipinski definition) is 2. The van der Waals surface area contributed by atoms with E-state index < -0.39 is 0 Å². The third-order valence-corrected chi connectivity index (χ3v) is 5.71. The number of halogens is 2. The van der Waals surface area contributed by atoms with Crippen LogP contribution in [0.15, 0.2) is 53.5 Å². The molecule has 1 fully saturated rings. The van der Waals surface area contributed by atoms with Gasteiger partial charge in [0.25, 0.3) is 0 Å². The predicted molar refractivity (Wildman–Crippen MR) is 123 cm³/mol. The molecule has 1 aromatic heterocycles. The van der Waals surface area contributed by atoms with E-state index in [4.69, 9.17) is 21.3 Å². The maximum absolute atomic E-state index is 13.5. The van der Waals surface area contributed by atoms with E-state index in [0.29, 0.717) is 28.6 Å². The average Bonchev–Trinajstić information content (AvgIpc) is 2.80. The van der Waals surface area contributed by atoms with Crippen LogP contribution in [-0.4, -0.2) is 37.6 Å². The summed E-state index contributed by atoms with van der Waals surface area (Å²) in [4.78, 5) is 11.4. The van der Waals surface area contributed by atoms with Crippen LogP contribution < -0.4 is 15.5 Å². The molecule has 2 aliphatic heterocycles. The SMILES string of the molecule is Fc1ccc(-c2cc3c(c(Nc4ccc(N5CCOCC5)cc4)n2)CN=CN3)c(Cl)c1. The molecule has 3 aromatic rings. The standard InChI is InChI=1S/C23H21ClFN5O/c24-20-11-15(25)1-6-18(20)22-12-21-19(13-26-14-27-21)23(29-22)28-16-2-4-17(5-3-16)30-7-9-31-10-8-30/h1-6,11-12,14H,7-10,13H2,(H,26,27)(H,28,29). The zero-order valence-corrected chi connectivity index (χ0v) is 17.5. The fraction of sp³-hybridized carbons (Fsp3) is 0.217. The molecule has 0 amide bonds. The molecular weight excluding hydrogens is 417 g/mol. The van der Waals surface area contributed by atoms with Crippen LogP contribution in [0.2, 0.25) is 5.02 Å². The van der Waals surface area contributed by atoms with Crippen molar-refractivity contribution in [1.82, 2.24) is 4.98 Å². The number of aliphatic imine (C=N–C) groups is 1. The van der Waals surface area contributed by atoms with Crippen LogP contribution in [0.5, 0.6) is 0 Å². The van der Waals surface area contributed by atoms with Gasteiger partial charge in [-0.25, -0.2) is 9.37 Å². The summed E-state index contributed by atoms with van der Waals surface area (Å²) in [6.45, 7) is 3.81. The highest BCUT2D eigenvalue weighted by atomic mass is 35.5. The fourth-order valence-corrected chi connectivity index (χ4v) is 4.03. The Balaban J connectivity index is 1.47. The number of morpholine rings is 1. The Morgan fingerprint density at radius 1 is 1.06 bits per heavy atom. The van der Waals surface area contributed by atoms with Crippen LogP contribution in [0, 0.1) is 5.82 Å². The van der Waals surface area contributed by atoms with E-state index in [-0.39, 0.29) is 5.82 Å². The van der Waals surface area contributed by atoms with Crippen molar-refractivity contribution in [2.45, 2.75) is 6.54 Å². The predicted octanol–water partition coefficient (Wildman–Crippen LogP) is 5.08. The van der Waals surface area contributed by atoms with Gasteiger partial charge >= 0.3 is 0 Å². The Hall–Kier alpha value is -3.16. The number of nitrogens with zero attached hydrogens (tertiary/aromatic N) is 3. The van der Waals surface area contributed by atoms with Crippen molar-refractivity contribution in [1.29, 1.82) is 0 Å². The van der Waals surface area contributed by atoms with Crippen molar-refractivity contribution in [3.05, 3.63) is 64.9 Å². The Labute approximate surface area is 184 Å². The summed E-state index contributed by atoms with van der Waals surface area (Å²) in [5.74, 6) is 0.312. The second-order valence-electron chi connectivity index (χ2n) is 7.39. The van der Waals surface area contributed by atoms with E-state index in [1.54, 1.807) is 12.4 Å². The fourth-order valence-electron chi connectivity index (χ4n) is 3.76. The highest BCUT2D eigenvalue weighted by Crippen LogP contribution is 2.35. The van der Waals surface area contributed by atoms with Crippen molar-refractivity contribution in [2.24, 2.45) is 4.99 Å². The Morgan fingerprint density at radius 2 is 1.87 bits per heavy atom. The first-order valence-corrected chi connectivity index (χ1v) is 10.5. The van der Waals surface area contributed by atoms with Gasteiger partial charge in [-0.3, -0.25) is 4.99 Å². The zero-order valence-electron chi connectivity index (χ0n) is 16.7. The normalized spacial score (nSPS) is 15.4. The molecule has 6 nitrogen and oxygen atoms in total. The maximum atomic E-state index is 13.5. The third kappa shape index (κ3) is 4.19. The van der Waals surface area contributed by atoms with Crippen molar-refractivity contribution in [3.63, 3.8) is 0 Å². The summed E-state index contributed by atoms with van der Waals surface area (Å²) in [5, 5.41) is 6.91. The summed E-state index contributed by atoms with van der Waals surface area (Å²) in [6.07, 6.45) is 1.67. The van der Waals surface area contributed by atoms with E-state index in [0.717, 1.165) is 43.2 Å². The number of anilines is 4. The van der Waals surface area contributed by atoms with Gasteiger partial charge in [-0.05, 0) is 48.5 Å². The highest BCUT2D eigenvalue weighted by Gasteiger charge is 2.17. The Bertz CT molecular complexity index is 1130. The van der Waals surface area contributed by atoms with Gasteiger partial charge in [0.05, 0.1) is 42.5 Å².